The average Bonchev–Trinajstić information content (AvgIpc) is 2.94. The first kappa shape index (κ1) is 14.6. The first-order chi connectivity index (χ1) is 10.0. The Kier molecular flexibility index (Phi) is 4.24. The summed E-state index contributed by atoms with van der Waals surface area (Å²) >= 11 is 1.13. The molecule has 0 aliphatic heterocycles. The van der Waals surface area contributed by atoms with Crippen molar-refractivity contribution in [3.8, 4) is 0 Å². The van der Waals surface area contributed by atoms with Crippen molar-refractivity contribution in [3.05, 3.63) is 51.0 Å². The number of thiazole rings is 1. The minimum Gasteiger partial charge on any atom is -0.411 e. The summed E-state index contributed by atoms with van der Waals surface area (Å²) in [6.45, 7) is 1.56. The molecule has 0 aliphatic carbocycles. The zero-order valence-electron chi connectivity index (χ0n) is 10.8. The van der Waals surface area contributed by atoms with Crippen LogP contribution in [0.25, 0.3) is 0 Å². The van der Waals surface area contributed by atoms with E-state index in [1.165, 1.54) is 24.3 Å². The lowest BCUT2D eigenvalue weighted by atomic mass is 10.1. The van der Waals surface area contributed by atoms with Gasteiger partial charge in [-0.25, -0.2) is 4.98 Å². The number of carbonyl (C=O) groups is 1. The minimum atomic E-state index is -0.623. The second kappa shape index (κ2) is 6.09. The Labute approximate surface area is 122 Å². The highest BCUT2D eigenvalue weighted by molar-refractivity contribution is 7.14. The number of hydrogen-bond acceptors (Lipinski definition) is 7. The first-order valence-corrected chi connectivity index (χ1v) is 6.60. The molecular weight excluding hydrogens is 296 g/mol. The monoisotopic (exact) mass is 306 g/mol. The number of amides is 1. The maximum absolute atomic E-state index is 12.1. The summed E-state index contributed by atoms with van der Waals surface area (Å²) in [6.07, 6.45) is 0. The van der Waals surface area contributed by atoms with Gasteiger partial charge >= 0.3 is 0 Å². The fourth-order valence-corrected chi connectivity index (χ4v) is 2.29. The number of rotatable bonds is 4. The lowest BCUT2D eigenvalue weighted by Crippen LogP contribution is -2.13. The topological polar surface area (TPSA) is 118 Å². The van der Waals surface area contributed by atoms with E-state index in [4.69, 9.17) is 5.21 Å². The van der Waals surface area contributed by atoms with Crippen LogP contribution in [0.1, 0.15) is 23.0 Å². The molecule has 1 amide bonds. The molecule has 8 nitrogen and oxygen atoms in total. The molecule has 0 bridgehead atoms. The van der Waals surface area contributed by atoms with Crippen LogP contribution in [0, 0.1) is 10.1 Å². The summed E-state index contributed by atoms with van der Waals surface area (Å²) in [7, 11) is 0. The van der Waals surface area contributed by atoms with Crippen LogP contribution in [0.5, 0.6) is 0 Å². The van der Waals surface area contributed by atoms with Gasteiger partial charge in [0.25, 0.3) is 11.6 Å². The smallest absolute Gasteiger partial charge is 0.282 e. The van der Waals surface area contributed by atoms with Crippen molar-refractivity contribution in [2.24, 2.45) is 5.16 Å². The van der Waals surface area contributed by atoms with E-state index < -0.39 is 10.8 Å². The van der Waals surface area contributed by atoms with Gasteiger partial charge in [0.1, 0.15) is 17.0 Å². The molecule has 0 saturated heterocycles. The van der Waals surface area contributed by atoms with Crippen molar-refractivity contribution in [2.75, 3.05) is 5.32 Å². The van der Waals surface area contributed by atoms with Crippen LogP contribution in [-0.2, 0) is 0 Å². The molecule has 0 aliphatic rings. The molecule has 0 spiro atoms. The van der Waals surface area contributed by atoms with E-state index >= 15 is 0 Å². The van der Waals surface area contributed by atoms with Crippen molar-refractivity contribution in [1.82, 2.24) is 4.98 Å². The van der Waals surface area contributed by atoms with Crippen molar-refractivity contribution in [1.29, 1.82) is 0 Å². The number of nitro benzene ring substituents is 1. The van der Waals surface area contributed by atoms with E-state index in [1.807, 2.05) is 0 Å². The Bertz CT molecular complexity index is 726. The van der Waals surface area contributed by atoms with Gasteiger partial charge in [-0.3, -0.25) is 20.2 Å². The van der Waals surface area contributed by atoms with Gasteiger partial charge < -0.3 is 5.21 Å². The van der Waals surface area contributed by atoms with Gasteiger partial charge in [-0.1, -0.05) is 17.3 Å². The fourth-order valence-electron chi connectivity index (χ4n) is 1.54. The highest BCUT2D eigenvalue weighted by atomic mass is 32.1. The van der Waals surface area contributed by atoms with Gasteiger partial charge in [-0.05, 0) is 13.0 Å². The molecule has 9 heteroatoms. The number of nitro groups is 1. The van der Waals surface area contributed by atoms with E-state index in [0.717, 1.165) is 11.3 Å². The largest absolute Gasteiger partial charge is 0.411 e. The molecule has 1 aromatic heterocycles. The van der Waals surface area contributed by atoms with Gasteiger partial charge in [0.05, 0.1) is 4.92 Å². The van der Waals surface area contributed by atoms with Crippen LogP contribution < -0.4 is 5.32 Å². The maximum atomic E-state index is 12.1. The van der Waals surface area contributed by atoms with Crippen LogP contribution in [0.4, 0.5) is 10.8 Å². The average molecular weight is 306 g/mol. The number of hydrogen-bond donors (Lipinski definition) is 2. The third-order valence-electron chi connectivity index (χ3n) is 2.59. The predicted octanol–water partition coefficient (Wildman–Crippen LogP) is 2.50. The van der Waals surface area contributed by atoms with Crippen LogP contribution in [0.3, 0.4) is 0 Å². The summed E-state index contributed by atoms with van der Waals surface area (Å²) in [5, 5.41) is 26.9. The van der Waals surface area contributed by atoms with Crippen LogP contribution in [-0.4, -0.2) is 26.7 Å². The molecule has 21 heavy (non-hydrogen) atoms. The number of anilines is 1. The number of para-hydroxylation sites is 1. The van der Waals surface area contributed by atoms with E-state index in [9.17, 15) is 14.9 Å². The molecule has 2 rings (SSSR count). The van der Waals surface area contributed by atoms with Crippen LogP contribution in [0.15, 0.2) is 34.8 Å². The molecule has 108 valence electrons. The Balaban J connectivity index is 2.23. The quantitative estimate of drug-likeness (QED) is 0.389. The summed E-state index contributed by atoms with van der Waals surface area (Å²) in [5.74, 6) is -0.623. The highest BCUT2D eigenvalue weighted by Gasteiger charge is 2.20. The van der Waals surface area contributed by atoms with Crippen LogP contribution in [0.2, 0.25) is 0 Å². The van der Waals surface area contributed by atoms with Crippen molar-refractivity contribution in [2.45, 2.75) is 6.92 Å². The molecule has 0 atom stereocenters. The summed E-state index contributed by atoms with van der Waals surface area (Å²) in [5.41, 5.74) is 0.393. The van der Waals surface area contributed by atoms with Crippen molar-refractivity contribution < 1.29 is 14.9 Å². The lowest BCUT2D eigenvalue weighted by molar-refractivity contribution is -0.385. The number of aromatic nitrogens is 1. The standard InChI is InChI=1S/C12H10N4O4S/c1-7(15-18)9-6-21-12(13-9)14-11(17)8-4-2-3-5-10(8)16(19)20/h2-6,18H,1H3,(H,13,14,17). The highest BCUT2D eigenvalue weighted by Crippen LogP contribution is 2.21. The molecule has 0 fully saturated rings. The Morgan fingerprint density at radius 2 is 2.19 bits per heavy atom. The van der Waals surface area contributed by atoms with Crippen molar-refractivity contribution >= 4 is 33.8 Å². The SMILES string of the molecule is CC(=NO)c1csc(NC(=O)c2ccccc2[N+](=O)[O-])n1. The molecule has 0 radical (unpaired) electrons. The summed E-state index contributed by atoms with van der Waals surface area (Å²) in [4.78, 5) is 26.4. The molecule has 1 aromatic carbocycles. The van der Waals surface area contributed by atoms with Gasteiger partial charge in [0.15, 0.2) is 5.13 Å². The Morgan fingerprint density at radius 3 is 2.86 bits per heavy atom. The molecule has 2 N–H and O–H groups in total. The number of benzene rings is 1. The predicted molar refractivity (Wildman–Crippen MR) is 77.2 cm³/mol. The van der Waals surface area contributed by atoms with Gasteiger partial charge in [0.2, 0.25) is 0 Å². The van der Waals surface area contributed by atoms with E-state index in [1.54, 1.807) is 12.3 Å². The minimum absolute atomic E-state index is 0.0493. The number of oxime groups is 1. The zero-order valence-corrected chi connectivity index (χ0v) is 11.6. The molecule has 0 unspecified atom stereocenters. The third kappa shape index (κ3) is 3.20. The molecular formula is C12H10N4O4S. The normalized spacial score (nSPS) is 11.2. The zero-order chi connectivity index (χ0) is 15.4. The summed E-state index contributed by atoms with van der Waals surface area (Å²) < 4.78 is 0. The lowest BCUT2D eigenvalue weighted by Gasteiger charge is -2.02. The van der Waals surface area contributed by atoms with E-state index in [-0.39, 0.29) is 16.4 Å². The van der Waals surface area contributed by atoms with Crippen molar-refractivity contribution in [3.63, 3.8) is 0 Å². The first-order valence-electron chi connectivity index (χ1n) is 5.72. The number of nitrogens with zero attached hydrogens (tertiary/aromatic N) is 3. The number of nitrogens with one attached hydrogen (secondary N) is 1. The van der Waals surface area contributed by atoms with Gasteiger partial charge in [-0.15, -0.1) is 11.3 Å². The van der Waals surface area contributed by atoms with Gasteiger partial charge in [0, 0.05) is 11.4 Å². The Hall–Kier alpha value is -2.81. The van der Waals surface area contributed by atoms with E-state index in [0.29, 0.717) is 11.4 Å². The second-order valence-electron chi connectivity index (χ2n) is 3.95. The van der Waals surface area contributed by atoms with E-state index in [2.05, 4.69) is 15.5 Å². The molecule has 2 aromatic rings. The third-order valence-corrected chi connectivity index (χ3v) is 3.35. The number of carbonyl (C=O) groups excluding carboxylic acids is 1. The Morgan fingerprint density at radius 1 is 1.48 bits per heavy atom. The van der Waals surface area contributed by atoms with Crippen LogP contribution >= 0.6 is 11.3 Å². The van der Waals surface area contributed by atoms with Gasteiger partial charge in [-0.2, -0.15) is 0 Å². The molecule has 0 saturated carbocycles. The molecule has 1 heterocycles. The fraction of sp³-hybridized carbons (Fsp3) is 0.0833. The summed E-state index contributed by atoms with van der Waals surface area (Å²) in [6, 6.07) is 5.64. The second-order valence-corrected chi connectivity index (χ2v) is 4.81. The maximum Gasteiger partial charge on any atom is 0.282 e.